The van der Waals surface area contributed by atoms with E-state index in [2.05, 4.69) is 30.6 Å². The average molecular weight is 225 g/mol. The number of aliphatic hydroxyl groups is 1. The highest BCUT2D eigenvalue weighted by Gasteiger charge is 2.27. The summed E-state index contributed by atoms with van der Waals surface area (Å²) in [5.41, 5.74) is 1.38. The van der Waals surface area contributed by atoms with Gasteiger partial charge in [0, 0.05) is 10.9 Å². The highest BCUT2D eigenvalue weighted by molar-refractivity contribution is 7.10. The Morgan fingerprint density at radius 1 is 1.60 bits per heavy atom. The van der Waals surface area contributed by atoms with E-state index in [9.17, 15) is 5.11 Å². The molecule has 0 radical (unpaired) electrons. The van der Waals surface area contributed by atoms with E-state index in [-0.39, 0.29) is 6.10 Å². The largest absolute Gasteiger partial charge is 0.393 e. The summed E-state index contributed by atoms with van der Waals surface area (Å²) in [7, 11) is 0. The summed E-state index contributed by atoms with van der Waals surface area (Å²) in [6.45, 7) is 5.42. The molecule has 15 heavy (non-hydrogen) atoms. The third-order valence-corrected chi connectivity index (χ3v) is 4.42. The highest BCUT2D eigenvalue weighted by atomic mass is 32.1. The quantitative estimate of drug-likeness (QED) is 0.825. The predicted octanol–water partition coefficient (Wildman–Crippen LogP) is 2.48. The van der Waals surface area contributed by atoms with Crippen molar-refractivity contribution in [3.8, 4) is 0 Å². The maximum Gasteiger partial charge on any atom is 0.0546 e. The van der Waals surface area contributed by atoms with Gasteiger partial charge in [0.25, 0.3) is 0 Å². The Hall–Kier alpha value is -0.380. The number of thiophene rings is 1. The second-order valence-corrected chi connectivity index (χ2v) is 5.54. The van der Waals surface area contributed by atoms with Crippen molar-refractivity contribution in [2.75, 3.05) is 6.54 Å². The van der Waals surface area contributed by atoms with Crippen LogP contribution in [-0.4, -0.2) is 17.8 Å². The molecule has 0 amide bonds. The second-order valence-electron chi connectivity index (χ2n) is 4.59. The maximum atomic E-state index is 9.19. The van der Waals surface area contributed by atoms with Crippen molar-refractivity contribution in [2.24, 2.45) is 5.92 Å². The van der Waals surface area contributed by atoms with Crippen LogP contribution in [0.1, 0.15) is 36.2 Å². The number of nitrogens with one attached hydrogen (secondary N) is 1. The Bertz CT molecular complexity index is 317. The van der Waals surface area contributed by atoms with E-state index in [1.54, 1.807) is 0 Å². The van der Waals surface area contributed by atoms with E-state index in [4.69, 9.17) is 0 Å². The first kappa shape index (κ1) is 11.1. The number of hydrogen-bond donors (Lipinski definition) is 2. The van der Waals surface area contributed by atoms with E-state index in [0.717, 1.165) is 19.4 Å². The van der Waals surface area contributed by atoms with Gasteiger partial charge in [-0.1, -0.05) is 0 Å². The SMILES string of the molecule is Cc1ccsc1C(C)NCC1CC(O)C1. The molecule has 2 nitrogen and oxygen atoms in total. The van der Waals surface area contributed by atoms with Gasteiger partial charge in [0.15, 0.2) is 0 Å². The van der Waals surface area contributed by atoms with E-state index in [1.165, 1.54) is 10.4 Å². The number of rotatable bonds is 4. The Morgan fingerprint density at radius 3 is 2.87 bits per heavy atom. The minimum atomic E-state index is -0.0319. The lowest BCUT2D eigenvalue weighted by atomic mass is 9.82. The van der Waals surface area contributed by atoms with E-state index >= 15 is 0 Å². The van der Waals surface area contributed by atoms with Crippen LogP contribution in [0.15, 0.2) is 11.4 Å². The van der Waals surface area contributed by atoms with Gasteiger partial charge in [-0.05, 0) is 56.2 Å². The normalized spacial score (nSPS) is 27.4. The molecular formula is C12H19NOS. The lowest BCUT2D eigenvalue weighted by molar-refractivity contribution is 0.0421. The first-order valence-electron chi connectivity index (χ1n) is 5.62. The highest BCUT2D eigenvalue weighted by Crippen LogP contribution is 2.28. The van der Waals surface area contributed by atoms with Crippen LogP contribution in [0.3, 0.4) is 0 Å². The third kappa shape index (κ3) is 2.60. The van der Waals surface area contributed by atoms with Gasteiger partial charge < -0.3 is 10.4 Å². The van der Waals surface area contributed by atoms with Crippen LogP contribution in [0.4, 0.5) is 0 Å². The molecule has 1 unspecified atom stereocenters. The summed E-state index contributed by atoms with van der Waals surface area (Å²) >= 11 is 1.82. The van der Waals surface area contributed by atoms with Crippen LogP contribution in [0.5, 0.6) is 0 Å². The van der Waals surface area contributed by atoms with Gasteiger partial charge in [-0.2, -0.15) is 0 Å². The zero-order valence-electron chi connectivity index (χ0n) is 9.36. The van der Waals surface area contributed by atoms with Gasteiger partial charge in [-0.3, -0.25) is 0 Å². The molecule has 0 spiro atoms. The molecule has 3 heteroatoms. The minimum Gasteiger partial charge on any atom is -0.393 e. The summed E-state index contributed by atoms with van der Waals surface area (Å²) in [4.78, 5) is 1.44. The number of hydrogen-bond acceptors (Lipinski definition) is 3. The van der Waals surface area contributed by atoms with Crippen molar-refractivity contribution < 1.29 is 5.11 Å². The fourth-order valence-corrected chi connectivity index (χ4v) is 3.09. The molecule has 2 N–H and O–H groups in total. The summed E-state index contributed by atoms with van der Waals surface area (Å²) in [5.74, 6) is 0.683. The number of aryl methyl sites for hydroxylation is 1. The lowest BCUT2D eigenvalue weighted by Crippen LogP contribution is -2.36. The average Bonchev–Trinajstić information content (AvgIpc) is 2.57. The molecule has 1 aromatic heterocycles. The van der Waals surface area contributed by atoms with Crippen LogP contribution >= 0.6 is 11.3 Å². The number of aliphatic hydroxyl groups excluding tert-OH is 1. The molecular weight excluding hydrogens is 206 g/mol. The monoisotopic (exact) mass is 225 g/mol. The molecule has 1 heterocycles. The lowest BCUT2D eigenvalue weighted by Gasteiger charge is -2.32. The van der Waals surface area contributed by atoms with Crippen molar-refractivity contribution in [1.29, 1.82) is 0 Å². The Kier molecular flexibility index (Phi) is 3.44. The summed E-state index contributed by atoms with van der Waals surface area (Å²) in [5, 5.41) is 14.9. The zero-order chi connectivity index (χ0) is 10.8. The van der Waals surface area contributed by atoms with Crippen molar-refractivity contribution in [2.45, 2.75) is 38.8 Å². The van der Waals surface area contributed by atoms with Crippen molar-refractivity contribution in [3.63, 3.8) is 0 Å². The zero-order valence-corrected chi connectivity index (χ0v) is 10.2. The molecule has 2 rings (SSSR count). The molecule has 1 fully saturated rings. The molecule has 0 bridgehead atoms. The van der Waals surface area contributed by atoms with Gasteiger partial charge in [0.05, 0.1) is 6.10 Å². The van der Waals surface area contributed by atoms with E-state index < -0.39 is 0 Å². The van der Waals surface area contributed by atoms with Crippen molar-refractivity contribution in [3.05, 3.63) is 21.9 Å². The van der Waals surface area contributed by atoms with Crippen LogP contribution in [0.25, 0.3) is 0 Å². The van der Waals surface area contributed by atoms with Crippen LogP contribution in [0, 0.1) is 12.8 Å². The van der Waals surface area contributed by atoms with Crippen LogP contribution in [-0.2, 0) is 0 Å². The fourth-order valence-electron chi connectivity index (χ4n) is 2.13. The standard InChI is InChI=1S/C12H19NOS/c1-8-3-4-15-12(8)9(2)13-7-10-5-11(14)6-10/h3-4,9-11,13-14H,5-7H2,1-2H3. The molecule has 0 aromatic carbocycles. The predicted molar refractivity (Wildman–Crippen MR) is 64.2 cm³/mol. The molecule has 1 saturated carbocycles. The molecule has 0 saturated heterocycles. The smallest absolute Gasteiger partial charge is 0.0546 e. The fraction of sp³-hybridized carbons (Fsp3) is 0.667. The molecule has 1 atom stereocenters. The van der Waals surface area contributed by atoms with E-state index in [1.807, 2.05) is 11.3 Å². The van der Waals surface area contributed by atoms with E-state index in [0.29, 0.717) is 12.0 Å². The van der Waals surface area contributed by atoms with Gasteiger partial charge in [0.2, 0.25) is 0 Å². The molecule has 1 aliphatic carbocycles. The first-order valence-corrected chi connectivity index (χ1v) is 6.50. The second kappa shape index (κ2) is 4.64. The Balaban J connectivity index is 1.78. The van der Waals surface area contributed by atoms with Gasteiger partial charge in [-0.25, -0.2) is 0 Å². The summed E-state index contributed by atoms with van der Waals surface area (Å²) in [6.07, 6.45) is 1.92. The van der Waals surface area contributed by atoms with Crippen LogP contribution in [0.2, 0.25) is 0 Å². The molecule has 84 valence electrons. The van der Waals surface area contributed by atoms with Gasteiger partial charge >= 0.3 is 0 Å². The van der Waals surface area contributed by atoms with Gasteiger partial charge in [-0.15, -0.1) is 11.3 Å². The molecule has 1 aliphatic rings. The first-order chi connectivity index (χ1) is 7.16. The Morgan fingerprint density at radius 2 is 2.33 bits per heavy atom. The molecule has 0 aliphatic heterocycles. The summed E-state index contributed by atoms with van der Waals surface area (Å²) in [6, 6.07) is 2.62. The van der Waals surface area contributed by atoms with Gasteiger partial charge in [0.1, 0.15) is 0 Å². The molecule has 1 aromatic rings. The minimum absolute atomic E-state index is 0.0319. The third-order valence-electron chi connectivity index (χ3n) is 3.22. The maximum absolute atomic E-state index is 9.19. The topological polar surface area (TPSA) is 32.3 Å². The Labute approximate surface area is 95.3 Å². The van der Waals surface area contributed by atoms with Crippen molar-refractivity contribution >= 4 is 11.3 Å². The van der Waals surface area contributed by atoms with Crippen molar-refractivity contribution in [1.82, 2.24) is 5.32 Å². The van der Waals surface area contributed by atoms with Crippen LogP contribution < -0.4 is 5.32 Å². The summed E-state index contributed by atoms with van der Waals surface area (Å²) < 4.78 is 0.